The summed E-state index contributed by atoms with van der Waals surface area (Å²) in [5.74, 6) is 0.177. The van der Waals surface area contributed by atoms with Crippen molar-refractivity contribution >= 4 is 38.9 Å². The zero-order valence-electron chi connectivity index (χ0n) is 16.5. The summed E-state index contributed by atoms with van der Waals surface area (Å²) in [5.41, 5.74) is 0. The van der Waals surface area contributed by atoms with Crippen LogP contribution in [-0.2, 0) is 14.8 Å². The number of ether oxygens (including phenoxy) is 1. The predicted molar refractivity (Wildman–Crippen MR) is 115 cm³/mol. The second-order valence-electron chi connectivity index (χ2n) is 7.11. The van der Waals surface area contributed by atoms with Crippen LogP contribution in [0.15, 0.2) is 40.6 Å². The molecule has 3 rings (SSSR count). The highest BCUT2D eigenvalue weighted by atomic mass is 35.5. The van der Waals surface area contributed by atoms with Gasteiger partial charge >= 0.3 is 0 Å². The fourth-order valence-corrected chi connectivity index (χ4v) is 6.47. The topological polar surface area (TPSA) is 66.9 Å². The van der Waals surface area contributed by atoms with E-state index in [2.05, 4.69) is 0 Å². The molecule has 29 heavy (non-hydrogen) atoms. The number of para-hydroxylation sites is 1. The molecule has 1 amide bonds. The molecule has 1 fully saturated rings. The fraction of sp³-hybridized carbons (Fsp3) is 0.450. The molecule has 0 N–H and O–H groups in total. The molecule has 1 aromatic carbocycles. The van der Waals surface area contributed by atoms with Crippen molar-refractivity contribution in [2.45, 2.75) is 24.0 Å². The molecule has 158 valence electrons. The number of carbonyl (C=O) groups excluding carboxylic acids is 1. The Morgan fingerprint density at radius 3 is 2.76 bits per heavy atom. The molecule has 1 saturated heterocycles. The van der Waals surface area contributed by atoms with Crippen LogP contribution in [-0.4, -0.2) is 56.8 Å². The van der Waals surface area contributed by atoms with E-state index in [9.17, 15) is 13.2 Å². The van der Waals surface area contributed by atoms with E-state index in [4.69, 9.17) is 16.3 Å². The molecule has 1 aliphatic rings. The monoisotopic (exact) mass is 456 g/mol. The third-order valence-electron chi connectivity index (χ3n) is 4.94. The standard InChI is InChI=1S/C20H25ClN2O4S2/c1-15-9-10-19(28-15)29(25,26)23-11-5-6-16(14-23)20(24)22(2)12-13-27-18-8-4-3-7-17(18)21/h3-4,7-10,16H,5-6,11-14H2,1-2H3/t16-/m1/s1. The number of carbonyl (C=O) groups is 1. The maximum absolute atomic E-state index is 12.9. The minimum absolute atomic E-state index is 0.0602. The number of likely N-dealkylation sites (N-methyl/N-ethyl adjacent to an activating group) is 1. The molecule has 6 nitrogen and oxygen atoms in total. The van der Waals surface area contributed by atoms with Crippen LogP contribution in [0, 0.1) is 12.8 Å². The van der Waals surface area contributed by atoms with Gasteiger partial charge in [-0.15, -0.1) is 11.3 Å². The molecule has 1 aliphatic heterocycles. The molecule has 1 aromatic heterocycles. The van der Waals surface area contributed by atoms with Gasteiger partial charge in [-0.3, -0.25) is 4.79 Å². The average Bonchev–Trinajstić information content (AvgIpc) is 3.16. The largest absolute Gasteiger partial charge is 0.490 e. The van der Waals surface area contributed by atoms with Gasteiger partial charge in [0, 0.05) is 25.0 Å². The number of benzene rings is 1. The summed E-state index contributed by atoms with van der Waals surface area (Å²) in [6, 6.07) is 10.6. The number of rotatable bonds is 7. The molecule has 9 heteroatoms. The molecule has 0 radical (unpaired) electrons. The first-order valence-electron chi connectivity index (χ1n) is 9.48. The van der Waals surface area contributed by atoms with Gasteiger partial charge < -0.3 is 9.64 Å². The Kier molecular flexibility index (Phi) is 7.21. The van der Waals surface area contributed by atoms with E-state index in [0.29, 0.717) is 47.5 Å². The van der Waals surface area contributed by atoms with Crippen LogP contribution < -0.4 is 4.74 Å². The van der Waals surface area contributed by atoms with Gasteiger partial charge in [-0.2, -0.15) is 4.31 Å². The summed E-state index contributed by atoms with van der Waals surface area (Å²) in [6.07, 6.45) is 1.36. The van der Waals surface area contributed by atoms with Crippen LogP contribution in [0.25, 0.3) is 0 Å². The summed E-state index contributed by atoms with van der Waals surface area (Å²) < 4.78 is 33.2. The quantitative estimate of drug-likeness (QED) is 0.637. The van der Waals surface area contributed by atoms with E-state index < -0.39 is 10.0 Å². The first-order chi connectivity index (χ1) is 13.8. The highest BCUT2D eigenvalue weighted by Crippen LogP contribution is 2.29. The minimum Gasteiger partial charge on any atom is -0.490 e. The Balaban J connectivity index is 1.56. The molecule has 0 spiro atoms. The number of thiophene rings is 1. The van der Waals surface area contributed by atoms with E-state index in [1.165, 1.54) is 15.6 Å². The SMILES string of the molecule is Cc1ccc(S(=O)(=O)N2CCC[C@@H](C(=O)N(C)CCOc3ccccc3Cl)C2)s1. The van der Waals surface area contributed by atoms with Crippen LogP contribution >= 0.6 is 22.9 Å². The van der Waals surface area contributed by atoms with Gasteiger partial charge in [-0.05, 0) is 44.0 Å². The number of piperidine rings is 1. The zero-order valence-corrected chi connectivity index (χ0v) is 18.9. The van der Waals surface area contributed by atoms with Crippen molar-refractivity contribution in [3.8, 4) is 5.75 Å². The zero-order chi connectivity index (χ0) is 21.0. The molecule has 0 saturated carbocycles. The van der Waals surface area contributed by atoms with E-state index in [0.717, 1.165) is 4.88 Å². The van der Waals surface area contributed by atoms with Crippen molar-refractivity contribution in [2.24, 2.45) is 5.92 Å². The van der Waals surface area contributed by atoms with Crippen molar-refractivity contribution in [1.29, 1.82) is 0 Å². The molecule has 0 bridgehead atoms. The van der Waals surface area contributed by atoms with Gasteiger partial charge in [0.15, 0.2) is 0 Å². The molecule has 2 aromatic rings. The van der Waals surface area contributed by atoms with E-state index >= 15 is 0 Å². The van der Waals surface area contributed by atoms with E-state index in [1.807, 2.05) is 19.1 Å². The third-order valence-corrected chi connectivity index (χ3v) is 8.59. The lowest BCUT2D eigenvalue weighted by Crippen LogP contribution is -2.46. The smallest absolute Gasteiger partial charge is 0.252 e. The Morgan fingerprint density at radius 2 is 2.07 bits per heavy atom. The number of hydrogen-bond donors (Lipinski definition) is 0. The van der Waals surface area contributed by atoms with Crippen LogP contribution in [0.1, 0.15) is 17.7 Å². The molecule has 1 atom stereocenters. The number of sulfonamides is 1. The lowest BCUT2D eigenvalue weighted by atomic mass is 9.98. The molecule has 2 heterocycles. The number of hydrogen-bond acceptors (Lipinski definition) is 5. The normalized spacial score (nSPS) is 17.8. The second-order valence-corrected chi connectivity index (χ2v) is 11.0. The molecular weight excluding hydrogens is 432 g/mol. The maximum atomic E-state index is 12.9. The van der Waals surface area contributed by atoms with Crippen LogP contribution in [0.4, 0.5) is 0 Å². The van der Waals surface area contributed by atoms with E-state index in [1.54, 1.807) is 36.2 Å². The van der Waals surface area contributed by atoms with Crippen molar-refractivity contribution < 1.29 is 17.9 Å². The summed E-state index contributed by atoms with van der Waals surface area (Å²) in [5, 5.41) is 0.526. The van der Waals surface area contributed by atoms with Gasteiger partial charge in [0.1, 0.15) is 16.6 Å². The maximum Gasteiger partial charge on any atom is 0.252 e. The van der Waals surface area contributed by atoms with Gasteiger partial charge in [0.25, 0.3) is 10.0 Å². The number of amides is 1. The Labute approximate surface area is 181 Å². The fourth-order valence-electron chi connectivity index (χ4n) is 3.32. The Bertz CT molecular complexity index is 961. The third kappa shape index (κ3) is 5.31. The number of halogens is 1. The first kappa shape index (κ1) is 22.1. The van der Waals surface area contributed by atoms with E-state index in [-0.39, 0.29) is 18.4 Å². The van der Waals surface area contributed by atoms with Crippen molar-refractivity contribution in [2.75, 3.05) is 33.3 Å². The van der Waals surface area contributed by atoms with Crippen LogP contribution in [0.3, 0.4) is 0 Å². The first-order valence-corrected chi connectivity index (χ1v) is 12.1. The van der Waals surface area contributed by atoms with Crippen molar-refractivity contribution in [3.63, 3.8) is 0 Å². The molecule has 0 aliphatic carbocycles. The summed E-state index contributed by atoms with van der Waals surface area (Å²) in [6.45, 7) is 3.26. The average molecular weight is 457 g/mol. The van der Waals surface area contributed by atoms with Gasteiger partial charge in [0.2, 0.25) is 5.91 Å². The minimum atomic E-state index is -3.55. The summed E-state index contributed by atoms with van der Waals surface area (Å²) >= 11 is 7.33. The Morgan fingerprint density at radius 1 is 1.31 bits per heavy atom. The van der Waals surface area contributed by atoms with Crippen LogP contribution in [0.5, 0.6) is 5.75 Å². The van der Waals surface area contributed by atoms with Gasteiger partial charge in [0.05, 0.1) is 17.5 Å². The second kappa shape index (κ2) is 9.47. The predicted octanol–water partition coefficient (Wildman–Crippen LogP) is 3.65. The Hall–Kier alpha value is -1.61. The van der Waals surface area contributed by atoms with Crippen LogP contribution in [0.2, 0.25) is 5.02 Å². The lowest BCUT2D eigenvalue weighted by Gasteiger charge is -2.33. The van der Waals surface area contributed by atoms with Crippen molar-refractivity contribution in [3.05, 3.63) is 46.3 Å². The highest BCUT2D eigenvalue weighted by Gasteiger charge is 2.35. The lowest BCUT2D eigenvalue weighted by molar-refractivity contribution is -0.135. The van der Waals surface area contributed by atoms with Gasteiger partial charge in [-0.25, -0.2) is 8.42 Å². The molecule has 0 unspecified atom stereocenters. The summed E-state index contributed by atoms with van der Waals surface area (Å²) in [4.78, 5) is 15.4. The molecular formula is C20H25ClN2O4S2. The highest BCUT2D eigenvalue weighted by molar-refractivity contribution is 7.91. The number of aryl methyl sites for hydroxylation is 1. The number of nitrogens with zero attached hydrogens (tertiary/aromatic N) is 2. The van der Waals surface area contributed by atoms with Crippen molar-refractivity contribution in [1.82, 2.24) is 9.21 Å². The summed E-state index contributed by atoms with van der Waals surface area (Å²) in [7, 11) is -1.83. The van der Waals surface area contributed by atoms with Gasteiger partial charge in [-0.1, -0.05) is 23.7 Å².